The molecule has 0 saturated carbocycles. The van der Waals surface area contributed by atoms with Gasteiger partial charge in [-0.2, -0.15) is 9.78 Å². The van der Waals surface area contributed by atoms with Gasteiger partial charge in [0.15, 0.2) is 0 Å². The fourth-order valence-corrected chi connectivity index (χ4v) is 4.63. The normalized spacial score (nSPS) is 11.7. The second-order valence-corrected chi connectivity index (χ2v) is 8.84. The highest BCUT2D eigenvalue weighted by Crippen LogP contribution is 2.39. The van der Waals surface area contributed by atoms with Crippen molar-refractivity contribution in [2.45, 2.75) is 45.8 Å². The van der Waals surface area contributed by atoms with Crippen LogP contribution in [-0.4, -0.2) is 24.4 Å². The lowest BCUT2D eigenvalue weighted by molar-refractivity contribution is 0.0280. The molecule has 4 rings (SSSR count). The van der Waals surface area contributed by atoms with Crippen LogP contribution in [0.5, 0.6) is 10.8 Å². The van der Waals surface area contributed by atoms with Gasteiger partial charge in [-0.1, -0.05) is 31.3 Å². The van der Waals surface area contributed by atoms with Crippen LogP contribution in [-0.2, 0) is 12.1 Å². The zero-order valence-corrected chi connectivity index (χ0v) is 19.8. The van der Waals surface area contributed by atoms with Gasteiger partial charge in [-0.15, -0.1) is 0 Å². The molecule has 2 heterocycles. The number of ether oxygens (including phenoxy) is 1. The summed E-state index contributed by atoms with van der Waals surface area (Å²) in [6.07, 6.45) is 2.34. The molecular formula is C24H24F2N4O3S. The van der Waals surface area contributed by atoms with Gasteiger partial charge in [0.1, 0.15) is 34.3 Å². The van der Waals surface area contributed by atoms with Crippen LogP contribution in [0.15, 0.2) is 53.6 Å². The van der Waals surface area contributed by atoms with Crippen molar-refractivity contribution in [3.05, 3.63) is 87.2 Å². The van der Waals surface area contributed by atoms with Gasteiger partial charge in [0, 0.05) is 5.56 Å². The van der Waals surface area contributed by atoms with E-state index in [9.17, 15) is 18.7 Å². The molecule has 0 fully saturated rings. The third-order valence-corrected chi connectivity index (χ3v) is 6.97. The molecule has 0 saturated heterocycles. The molecule has 0 aliphatic rings. The summed E-state index contributed by atoms with van der Waals surface area (Å²) in [5.41, 5.74) is -0.562. The number of nitrogens with zero attached hydrogens (tertiary/aromatic N) is 4. The number of rotatable bonds is 8. The van der Waals surface area contributed by atoms with Crippen LogP contribution in [0.25, 0.3) is 5.69 Å². The second-order valence-electron chi connectivity index (χ2n) is 7.88. The number of benzene rings is 2. The second kappa shape index (κ2) is 9.47. The topological polar surface area (TPSA) is 82.2 Å². The van der Waals surface area contributed by atoms with E-state index in [2.05, 4.69) is 10.1 Å². The van der Waals surface area contributed by atoms with Gasteiger partial charge in [-0.25, -0.2) is 18.6 Å². The SMILES string of the molecule is CCC(O)(CC)c1nc(C)c(Oc2ccc(-n3ncn(Cc4c(F)cccc4F)c3=O)cc2)s1. The van der Waals surface area contributed by atoms with Crippen LogP contribution in [0.2, 0.25) is 0 Å². The van der Waals surface area contributed by atoms with Crippen LogP contribution < -0.4 is 10.4 Å². The van der Waals surface area contributed by atoms with E-state index >= 15 is 0 Å². The van der Waals surface area contributed by atoms with Gasteiger partial charge < -0.3 is 9.84 Å². The highest BCUT2D eigenvalue weighted by molar-refractivity contribution is 7.13. The fourth-order valence-electron chi connectivity index (χ4n) is 3.46. The van der Waals surface area contributed by atoms with Crippen molar-refractivity contribution in [3.8, 4) is 16.5 Å². The van der Waals surface area contributed by atoms with Crippen molar-refractivity contribution in [2.75, 3.05) is 0 Å². The van der Waals surface area contributed by atoms with Gasteiger partial charge >= 0.3 is 5.69 Å². The maximum Gasteiger partial charge on any atom is 0.350 e. The van der Waals surface area contributed by atoms with E-state index in [1.807, 2.05) is 20.8 Å². The van der Waals surface area contributed by atoms with E-state index in [4.69, 9.17) is 4.74 Å². The first-order chi connectivity index (χ1) is 16.3. The number of aromatic nitrogens is 4. The summed E-state index contributed by atoms with van der Waals surface area (Å²) in [5, 5.41) is 16.0. The number of hydrogen-bond acceptors (Lipinski definition) is 6. The lowest BCUT2D eigenvalue weighted by Gasteiger charge is -2.21. The average Bonchev–Trinajstić information content (AvgIpc) is 3.39. The van der Waals surface area contributed by atoms with Crippen molar-refractivity contribution >= 4 is 11.3 Å². The standard InChI is InChI=1S/C24H24F2N4O3S/c1-4-24(32,5-2)22-28-15(3)21(34-22)33-17-11-9-16(10-12-17)30-23(31)29(14-27-30)13-18-19(25)7-6-8-20(18)26/h6-12,14,32H,4-5,13H2,1-3H3. The molecule has 34 heavy (non-hydrogen) atoms. The van der Waals surface area contributed by atoms with E-state index in [1.165, 1.54) is 23.7 Å². The van der Waals surface area contributed by atoms with Crippen LogP contribution >= 0.6 is 11.3 Å². The Hall–Kier alpha value is -3.37. The maximum absolute atomic E-state index is 13.9. The number of hydrogen-bond donors (Lipinski definition) is 1. The fraction of sp³-hybridized carbons (Fsp3) is 0.292. The molecule has 0 aliphatic carbocycles. The Morgan fingerprint density at radius 3 is 2.35 bits per heavy atom. The maximum atomic E-state index is 13.9. The molecule has 178 valence electrons. The summed E-state index contributed by atoms with van der Waals surface area (Å²) in [7, 11) is 0. The van der Waals surface area contributed by atoms with Crippen LogP contribution in [0.4, 0.5) is 8.78 Å². The number of halogens is 2. The third-order valence-electron chi connectivity index (χ3n) is 5.74. The molecule has 0 atom stereocenters. The lowest BCUT2D eigenvalue weighted by Crippen LogP contribution is -2.24. The minimum atomic E-state index is -0.980. The minimum absolute atomic E-state index is 0.203. The Balaban J connectivity index is 1.53. The molecule has 10 heteroatoms. The highest BCUT2D eigenvalue weighted by atomic mass is 32.1. The Morgan fingerprint density at radius 1 is 1.09 bits per heavy atom. The minimum Gasteiger partial charge on any atom is -0.445 e. The molecule has 4 aromatic rings. The summed E-state index contributed by atoms with van der Waals surface area (Å²) in [6, 6.07) is 10.2. The zero-order valence-electron chi connectivity index (χ0n) is 19.0. The van der Waals surface area contributed by atoms with Crippen LogP contribution in [0, 0.1) is 18.6 Å². The molecule has 0 spiro atoms. The zero-order chi connectivity index (χ0) is 24.5. The summed E-state index contributed by atoms with van der Waals surface area (Å²) in [4.78, 5) is 17.2. The molecule has 1 N–H and O–H groups in total. The van der Waals surface area contributed by atoms with Crippen molar-refractivity contribution in [1.29, 1.82) is 0 Å². The molecular weight excluding hydrogens is 462 g/mol. The lowest BCUT2D eigenvalue weighted by atomic mass is 9.99. The summed E-state index contributed by atoms with van der Waals surface area (Å²) < 4.78 is 36.1. The molecule has 0 amide bonds. The molecule has 0 radical (unpaired) electrons. The first-order valence-electron chi connectivity index (χ1n) is 10.8. The van der Waals surface area contributed by atoms with E-state index in [0.29, 0.717) is 40.0 Å². The number of aryl methyl sites for hydroxylation is 1. The largest absolute Gasteiger partial charge is 0.445 e. The average molecular weight is 487 g/mol. The van der Waals surface area contributed by atoms with Crippen molar-refractivity contribution < 1.29 is 18.6 Å². The summed E-state index contributed by atoms with van der Waals surface area (Å²) in [6.45, 7) is 5.37. The Labute approximate surface area is 198 Å². The first-order valence-corrected chi connectivity index (χ1v) is 11.6. The molecule has 7 nitrogen and oxygen atoms in total. The van der Waals surface area contributed by atoms with Gasteiger partial charge in [0.25, 0.3) is 0 Å². The quantitative estimate of drug-likeness (QED) is 0.382. The number of thiazole rings is 1. The van der Waals surface area contributed by atoms with Crippen molar-refractivity contribution in [1.82, 2.24) is 19.3 Å². The monoisotopic (exact) mass is 486 g/mol. The molecule has 0 unspecified atom stereocenters. The van der Waals surface area contributed by atoms with Crippen molar-refractivity contribution in [2.24, 2.45) is 0 Å². The van der Waals surface area contributed by atoms with E-state index in [1.54, 1.807) is 24.3 Å². The predicted molar refractivity (Wildman–Crippen MR) is 125 cm³/mol. The number of aliphatic hydroxyl groups is 1. The van der Waals surface area contributed by atoms with Gasteiger partial charge in [0.2, 0.25) is 5.06 Å². The molecule has 2 aromatic heterocycles. The molecule has 0 aliphatic heterocycles. The predicted octanol–water partition coefficient (Wildman–Crippen LogP) is 4.93. The van der Waals surface area contributed by atoms with E-state index in [-0.39, 0.29) is 12.1 Å². The Kier molecular flexibility index (Phi) is 6.63. The van der Waals surface area contributed by atoms with Gasteiger partial charge in [-0.3, -0.25) is 4.57 Å². The van der Waals surface area contributed by atoms with Gasteiger partial charge in [0.05, 0.1) is 17.9 Å². The van der Waals surface area contributed by atoms with Crippen LogP contribution in [0.1, 0.15) is 43.0 Å². The first kappa shape index (κ1) is 23.8. The van der Waals surface area contributed by atoms with Gasteiger partial charge in [-0.05, 0) is 56.2 Å². The smallest absolute Gasteiger partial charge is 0.350 e. The Bertz CT molecular complexity index is 1340. The summed E-state index contributed by atoms with van der Waals surface area (Å²) >= 11 is 1.30. The van der Waals surface area contributed by atoms with Crippen LogP contribution in [0.3, 0.4) is 0 Å². The molecule has 2 aromatic carbocycles. The van der Waals surface area contributed by atoms with E-state index in [0.717, 1.165) is 21.4 Å². The van der Waals surface area contributed by atoms with E-state index < -0.39 is 22.9 Å². The van der Waals surface area contributed by atoms with Crippen molar-refractivity contribution in [3.63, 3.8) is 0 Å². The Morgan fingerprint density at radius 2 is 1.74 bits per heavy atom. The third kappa shape index (κ3) is 4.51. The highest BCUT2D eigenvalue weighted by Gasteiger charge is 2.30. The molecule has 0 bridgehead atoms. The summed E-state index contributed by atoms with van der Waals surface area (Å²) in [5.74, 6) is -0.919.